The lowest BCUT2D eigenvalue weighted by Gasteiger charge is -2.33. The molecule has 160 valence electrons. The molecule has 6 heteroatoms. The van der Waals surface area contributed by atoms with E-state index in [0.717, 1.165) is 60.3 Å². The van der Waals surface area contributed by atoms with Crippen LogP contribution in [0.4, 0.5) is 0 Å². The van der Waals surface area contributed by atoms with Gasteiger partial charge in [-0.05, 0) is 67.0 Å². The van der Waals surface area contributed by atoms with E-state index in [-0.39, 0.29) is 11.8 Å². The molecular formula is C24H30ClN3OS. The van der Waals surface area contributed by atoms with Gasteiger partial charge in [0.25, 0.3) is 0 Å². The third-order valence-electron chi connectivity index (χ3n) is 6.01. The van der Waals surface area contributed by atoms with E-state index in [4.69, 9.17) is 11.6 Å². The molecule has 2 aromatic carbocycles. The Kier molecular flexibility index (Phi) is 8.25. The molecular weight excluding hydrogens is 414 g/mol. The van der Waals surface area contributed by atoms with Crippen LogP contribution in [0.1, 0.15) is 43.2 Å². The van der Waals surface area contributed by atoms with Gasteiger partial charge in [0.1, 0.15) is 0 Å². The van der Waals surface area contributed by atoms with Crippen molar-refractivity contribution in [2.45, 2.75) is 38.5 Å². The molecule has 1 aliphatic rings. The molecule has 1 aromatic heterocycles. The SMILES string of the molecule is CC1CCN(C(=O)C(CCc2cccc(Cl)c2)c2cccc3[nH]ccc23)CC1.NS. The van der Waals surface area contributed by atoms with Crippen molar-refractivity contribution >= 4 is 41.2 Å². The smallest absolute Gasteiger partial charge is 0.230 e. The van der Waals surface area contributed by atoms with Crippen molar-refractivity contribution in [2.24, 2.45) is 11.1 Å². The van der Waals surface area contributed by atoms with Gasteiger partial charge in [-0.1, -0.05) is 42.8 Å². The van der Waals surface area contributed by atoms with E-state index in [1.54, 1.807) is 0 Å². The Morgan fingerprint density at radius 3 is 2.67 bits per heavy atom. The molecule has 0 spiro atoms. The van der Waals surface area contributed by atoms with Gasteiger partial charge in [0.2, 0.25) is 5.91 Å². The summed E-state index contributed by atoms with van der Waals surface area (Å²) in [7, 11) is 0. The molecule has 30 heavy (non-hydrogen) atoms. The third-order valence-corrected chi connectivity index (χ3v) is 6.24. The fourth-order valence-corrected chi connectivity index (χ4v) is 4.49. The van der Waals surface area contributed by atoms with Crippen molar-refractivity contribution in [3.8, 4) is 0 Å². The number of thiol groups is 1. The topological polar surface area (TPSA) is 62.1 Å². The number of H-pyrrole nitrogens is 1. The number of benzene rings is 2. The highest BCUT2D eigenvalue weighted by atomic mass is 35.5. The standard InChI is InChI=1S/C24H27ClN2O.H3NS/c1-17-11-14-27(15-12-17)24(28)22(9-8-18-4-2-5-19(25)16-18)20-6-3-7-23-21(20)10-13-26-23;1-2/h2-7,10,13,16-17,22,26H,8-9,11-12,14-15H2,1H3;2H,1H2. The number of piperidine rings is 1. The van der Waals surface area contributed by atoms with E-state index in [0.29, 0.717) is 5.92 Å². The summed E-state index contributed by atoms with van der Waals surface area (Å²) in [6, 6.07) is 16.3. The lowest BCUT2D eigenvalue weighted by Crippen LogP contribution is -2.40. The molecule has 1 saturated heterocycles. The maximum absolute atomic E-state index is 13.5. The number of aromatic amines is 1. The summed E-state index contributed by atoms with van der Waals surface area (Å²) >= 11 is 9.19. The van der Waals surface area contributed by atoms with Crippen LogP contribution in [-0.4, -0.2) is 28.9 Å². The minimum Gasteiger partial charge on any atom is -0.361 e. The molecule has 0 bridgehead atoms. The second kappa shape index (κ2) is 10.9. The average Bonchev–Trinajstić information content (AvgIpc) is 3.25. The lowest BCUT2D eigenvalue weighted by atomic mass is 9.88. The van der Waals surface area contributed by atoms with Gasteiger partial charge >= 0.3 is 0 Å². The highest BCUT2D eigenvalue weighted by Crippen LogP contribution is 2.32. The molecule has 0 aliphatic carbocycles. The molecule has 3 N–H and O–H groups in total. The Balaban J connectivity index is 0.00000124. The first-order valence-electron chi connectivity index (χ1n) is 10.5. The van der Waals surface area contributed by atoms with E-state index in [1.807, 2.05) is 30.5 Å². The number of fused-ring (bicyclic) bond motifs is 1. The van der Waals surface area contributed by atoms with Crippen molar-refractivity contribution < 1.29 is 4.79 Å². The van der Waals surface area contributed by atoms with Crippen LogP contribution in [0.25, 0.3) is 10.9 Å². The second-order valence-electron chi connectivity index (χ2n) is 8.02. The number of nitrogens with zero attached hydrogens (tertiary/aromatic N) is 1. The minimum absolute atomic E-state index is 0.133. The predicted octanol–water partition coefficient (Wildman–Crippen LogP) is 5.59. The third kappa shape index (κ3) is 5.39. The van der Waals surface area contributed by atoms with Crippen molar-refractivity contribution in [2.75, 3.05) is 13.1 Å². The van der Waals surface area contributed by atoms with Gasteiger partial charge in [0, 0.05) is 35.2 Å². The van der Waals surface area contributed by atoms with Crippen LogP contribution in [0, 0.1) is 5.92 Å². The Morgan fingerprint density at radius 2 is 1.93 bits per heavy atom. The van der Waals surface area contributed by atoms with Gasteiger partial charge in [-0.25, -0.2) is 0 Å². The number of nitrogens with one attached hydrogen (secondary N) is 1. The number of hydrogen-bond donors (Lipinski definition) is 3. The zero-order chi connectivity index (χ0) is 21.5. The van der Waals surface area contributed by atoms with Crippen LogP contribution in [-0.2, 0) is 11.2 Å². The normalized spacial score (nSPS) is 15.5. The second-order valence-corrected chi connectivity index (χ2v) is 8.45. The first kappa shape index (κ1) is 22.7. The van der Waals surface area contributed by atoms with E-state index >= 15 is 0 Å². The number of carbonyl (C=O) groups is 1. The molecule has 0 radical (unpaired) electrons. The largest absolute Gasteiger partial charge is 0.361 e. The average molecular weight is 444 g/mol. The Bertz CT molecular complexity index is 966. The summed E-state index contributed by atoms with van der Waals surface area (Å²) in [6.07, 6.45) is 5.77. The number of likely N-dealkylation sites (tertiary alicyclic amines) is 1. The molecule has 1 unspecified atom stereocenters. The maximum Gasteiger partial charge on any atom is 0.230 e. The number of aromatic nitrogens is 1. The van der Waals surface area contributed by atoms with Crippen LogP contribution in [0.15, 0.2) is 54.7 Å². The first-order valence-corrected chi connectivity index (χ1v) is 11.4. The molecule has 0 saturated carbocycles. The van der Waals surface area contributed by atoms with Gasteiger partial charge in [0.15, 0.2) is 0 Å². The van der Waals surface area contributed by atoms with Crippen LogP contribution in [0.2, 0.25) is 5.02 Å². The molecule has 1 aliphatic heterocycles. The Morgan fingerprint density at radius 1 is 1.20 bits per heavy atom. The minimum atomic E-state index is -0.133. The molecule has 1 atom stereocenters. The summed E-state index contributed by atoms with van der Waals surface area (Å²) in [5.74, 6) is 0.844. The molecule has 1 amide bonds. The lowest BCUT2D eigenvalue weighted by molar-refractivity contribution is -0.134. The van der Waals surface area contributed by atoms with Crippen LogP contribution in [0.3, 0.4) is 0 Å². The van der Waals surface area contributed by atoms with Crippen LogP contribution in [0.5, 0.6) is 0 Å². The predicted molar refractivity (Wildman–Crippen MR) is 129 cm³/mol. The van der Waals surface area contributed by atoms with Gasteiger partial charge < -0.3 is 9.88 Å². The van der Waals surface area contributed by atoms with E-state index in [1.165, 1.54) is 5.56 Å². The van der Waals surface area contributed by atoms with Crippen LogP contribution >= 0.6 is 24.4 Å². The zero-order valence-corrected chi connectivity index (χ0v) is 19.0. The quantitative estimate of drug-likeness (QED) is 0.450. The fraction of sp³-hybridized carbons (Fsp3) is 0.375. The summed E-state index contributed by atoms with van der Waals surface area (Å²) in [5.41, 5.74) is 3.40. The van der Waals surface area contributed by atoms with Gasteiger partial charge in [-0.3, -0.25) is 9.93 Å². The Labute approximate surface area is 189 Å². The molecule has 3 aromatic rings. The number of carbonyl (C=O) groups excluding carboxylic acids is 1. The van der Waals surface area contributed by atoms with Crippen molar-refractivity contribution in [3.63, 3.8) is 0 Å². The molecule has 4 rings (SSSR count). The van der Waals surface area contributed by atoms with Gasteiger partial charge in [-0.2, -0.15) is 0 Å². The number of hydrogen-bond acceptors (Lipinski definition) is 3. The van der Waals surface area contributed by atoms with E-state index in [9.17, 15) is 4.79 Å². The summed E-state index contributed by atoms with van der Waals surface area (Å²) in [4.78, 5) is 18.9. The van der Waals surface area contributed by atoms with Crippen LogP contribution < -0.4 is 5.14 Å². The number of amides is 1. The summed E-state index contributed by atoms with van der Waals surface area (Å²) < 4.78 is 0. The van der Waals surface area contributed by atoms with E-state index < -0.39 is 0 Å². The van der Waals surface area contributed by atoms with Crippen molar-refractivity contribution in [1.29, 1.82) is 0 Å². The van der Waals surface area contributed by atoms with Crippen molar-refractivity contribution in [3.05, 3.63) is 70.9 Å². The fourth-order valence-electron chi connectivity index (χ4n) is 4.28. The highest BCUT2D eigenvalue weighted by molar-refractivity contribution is 7.77. The maximum atomic E-state index is 13.5. The molecule has 4 nitrogen and oxygen atoms in total. The number of halogens is 1. The highest BCUT2D eigenvalue weighted by Gasteiger charge is 2.29. The zero-order valence-electron chi connectivity index (χ0n) is 17.4. The Hall–Kier alpha value is -1.95. The number of rotatable bonds is 5. The monoisotopic (exact) mass is 443 g/mol. The van der Waals surface area contributed by atoms with E-state index in [2.05, 4.69) is 59.0 Å². The number of aryl methyl sites for hydroxylation is 1. The van der Waals surface area contributed by atoms with Gasteiger partial charge in [-0.15, -0.1) is 12.8 Å². The first-order chi connectivity index (χ1) is 14.6. The van der Waals surface area contributed by atoms with Crippen molar-refractivity contribution in [1.82, 2.24) is 9.88 Å². The summed E-state index contributed by atoms with van der Waals surface area (Å²) in [6.45, 7) is 4.02. The molecule has 2 heterocycles. The van der Waals surface area contributed by atoms with Gasteiger partial charge in [0.05, 0.1) is 5.92 Å². The molecule has 1 fully saturated rings. The number of nitrogens with two attached hydrogens (primary N) is 1. The summed E-state index contributed by atoms with van der Waals surface area (Å²) in [5, 5.41) is 6.09.